The Morgan fingerprint density at radius 3 is 3.00 bits per heavy atom. The molecular weight excluding hydrogens is 252 g/mol. The van der Waals surface area contributed by atoms with E-state index in [1.165, 1.54) is 12.8 Å². The lowest BCUT2D eigenvalue weighted by molar-refractivity contribution is 0.232. The Hall–Kier alpha value is -1.36. The second-order valence-electron chi connectivity index (χ2n) is 5.60. The molecule has 1 aliphatic rings. The van der Waals surface area contributed by atoms with Crippen LogP contribution in [0.4, 0.5) is 5.95 Å². The maximum Gasteiger partial charge on any atom is 0.228 e. The van der Waals surface area contributed by atoms with Gasteiger partial charge in [0.25, 0.3) is 0 Å². The van der Waals surface area contributed by atoms with Crippen molar-refractivity contribution in [2.24, 2.45) is 0 Å². The lowest BCUT2D eigenvalue weighted by Crippen LogP contribution is -2.39. The van der Waals surface area contributed by atoms with Crippen LogP contribution in [-0.4, -0.2) is 41.7 Å². The van der Waals surface area contributed by atoms with E-state index < -0.39 is 0 Å². The standard InChI is InChI=1S/C15H26N4O/c1-4-10-19(11-13-6-5-8-16-13)15-17-9-7-14(18-15)20-12(2)3/h7,9,12-13,16H,4-6,8,10-11H2,1-3H3. The van der Waals surface area contributed by atoms with Gasteiger partial charge in [-0.2, -0.15) is 4.98 Å². The van der Waals surface area contributed by atoms with Crippen LogP contribution in [0.3, 0.4) is 0 Å². The highest BCUT2D eigenvalue weighted by Gasteiger charge is 2.19. The van der Waals surface area contributed by atoms with E-state index in [-0.39, 0.29) is 6.10 Å². The maximum atomic E-state index is 5.66. The normalized spacial score (nSPS) is 18.5. The summed E-state index contributed by atoms with van der Waals surface area (Å²) in [6.07, 6.45) is 5.51. The van der Waals surface area contributed by atoms with Crippen LogP contribution < -0.4 is 15.0 Å². The van der Waals surface area contributed by atoms with Crippen LogP contribution >= 0.6 is 0 Å². The van der Waals surface area contributed by atoms with Crippen molar-refractivity contribution < 1.29 is 4.74 Å². The van der Waals surface area contributed by atoms with E-state index >= 15 is 0 Å². The summed E-state index contributed by atoms with van der Waals surface area (Å²) in [6, 6.07) is 2.38. The van der Waals surface area contributed by atoms with E-state index in [1.54, 1.807) is 6.20 Å². The minimum Gasteiger partial charge on any atom is -0.475 e. The van der Waals surface area contributed by atoms with Gasteiger partial charge in [-0.05, 0) is 39.7 Å². The van der Waals surface area contributed by atoms with Crippen LogP contribution in [0, 0.1) is 0 Å². The summed E-state index contributed by atoms with van der Waals surface area (Å²) in [7, 11) is 0. The first kappa shape index (κ1) is 15.0. The molecule has 0 radical (unpaired) electrons. The van der Waals surface area contributed by atoms with Gasteiger partial charge in [0.1, 0.15) is 0 Å². The summed E-state index contributed by atoms with van der Waals surface area (Å²) in [5.41, 5.74) is 0. The van der Waals surface area contributed by atoms with E-state index in [4.69, 9.17) is 4.74 Å². The summed E-state index contributed by atoms with van der Waals surface area (Å²) in [4.78, 5) is 11.2. The number of rotatable bonds is 7. The quantitative estimate of drug-likeness (QED) is 0.829. The second kappa shape index (κ2) is 7.43. The Balaban J connectivity index is 2.06. The molecule has 2 rings (SSSR count). The zero-order valence-electron chi connectivity index (χ0n) is 12.8. The molecule has 2 heterocycles. The zero-order valence-corrected chi connectivity index (χ0v) is 12.8. The molecule has 5 nitrogen and oxygen atoms in total. The fourth-order valence-electron chi connectivity index (χ4n) is 2.51. The van der Waals surface area contributed by atoms with Crippen LogP contribution in [-0.2, 0) is 0 Å². The molecule has 1 atom stereocenters. The third-order valence-electron chi connectivity index (χ3n) is 3.35. The van der Waals surface area contributed by atoms with Crippen LogP contribution in [0.15, 0.2) is 12.3 Å². The molecule has 20 heavy (non-hydrogen) atoms. The molecule has 1 unspecified atom stereocenters. The molecule has 1 N–H and O–H groups in total. The minimum absolute atomic E-state index is 0.133. The van der Waals surface area contributed by atoms with E-state index in [1.807, 2.05) is 19.9 Å². The summed E-state index contributed by atoms with van der Waals surface area (Å²) in [5.74, 6) is 1.43. The van der Waals surface area contributed by atoms with Crippen molar-refractivity contribution in [1.29, 1.82) is 0 Å². The second-order valence-corrected chi connectivity index (χ2v) is 5.60. The van der Waals surface area contributed by atoms with E-state index in [0.717, 1.165) is 32.0 Å². The molecule has 0 aromatic carbocycles. The van der Waals surface area contributed by atoms with Crippen LogP contribution in [0.25, 0.3) is 0 Å². The molecular formula is C15H26N4O. The molecule has 0 amide bonds. The molecule has 0 saturated carbocycles. The maximum absolute atomic E-state index is 5.66. The first-order valence-electron chi connectivity index (χ1n) is 7.67. The van der Waals surface area contributed by atoms with Crippen LogP contribution in [0.1, 0.15) is 40.0 Å². The van der Waals surface area contributed by atoms with Gasteiger partial charge in [-0.3, -0.25) is 0 Å². The fraction of sp³-hybridized carbons (Fsp3) is 0.733. The fourth-order valence-corrected chi connectivity index (χ4v) is 2.51. The highest BCUT2D eigenvalue weighted by atomic mass is 16.5. The Morgan fingerprint density at radius 2 is 2.35 bits per heavy atom. The van der Waals surface area contributed by atoms with Crippen molar-refractivity contribution in [1.82, 2.24) is 15.3 Å². The third kappa shape index (κ3) is 4.34. The number of hydrogen-bond acceptors (Lipinski definition) is 5. The van der Waals surface area contributed by atoms with Gasteiger partial charge in [-0.15, -0.1) is 0 Å². The van der Waals surface area contributed by atoms with Gasteiger partial charge < -0.3 is 15.0 Å². The molecule has 5 heteroatoms. The molecule has 0 bridgehead atoms. The highest BCUT2D eigenvalue weighted by Crippen LogP contribution is 2.16. The van der Waals surface area contributed by atoms with Gasteiger partial charge in [-0.25, -0.2) is 4.98 Å². The molecule has 1 aromatic heterocycles. The van der Waals surface area contributed by atoms with Gasteiger partial charge >= 0.3 is 0 Å². The van der Waals surface area contributed by atoms with Crippen molar-refractivity contribution in [2.75, 3.05) is 24.5 Å². The lowest BCUT2D eigenvalue weighted by atomic mass is 10.2. The van der Waals surface area contributed by atoms with Gasteiger partial charge in [0, 0.05) is 31.4 Å². The number of nitrogens with one attached hydrogen (secondary N) is 1. The molecule has 1 fully saturated rings. The van der Waals surface area contributed by atoms with Crippen LogP contribution in [0.2, 0.25) is 0 Å². The van der Waals surface area contributed by atoms with Gasteiger partial charge in [0.15, 0.2) is 0 Å². The third-order valence-corrected chi connectivity index (χ3v) is 3.35. The predicted molar refractivity (Wildman–Crippen MR) is 81.3 cm³/mol. The number of hydrogen-bond donors (Lipinski definition) is 1. The highest BCUT2D eigenvalue weighted by molar-refractivity contribution is 5.32. The number of ether oxygens (including phenoxy) is 1. The smallest absolute Gasteiger partial charge is 0.228 e. The number of nitrogens with zero attached hydrogens (tertiary/aromatic N) is 3. The van der Waals surface area contributed by atoms with Crippen LogP contribution in [0.5, 0.6) is 5.88 Å². The van der Waals surface area contributed by atoms with Crippen molar-refractivity contribution in [2.45, 2.75) is 52.2 Å². The van der Waals surface area contributed by atoms with Gasteiger partial charge in [0.2, 0.25) is 11.8 Å². The van der Waals surface area contributed by atoms with E-state index in [0.29, 0.717) is 11.9 Å². The number of aromatic nitrogens is 2. The van der Waals surface area contributed by atoms with Crippen molar-refractivity contribution in [3.63, 3.8) is 0 Å². The minimum atomic E-state index is 0.133. The van der Waals surface area contributed by atoms with Crippen molar-refractivity contribution in [3.05, 3.63) is 12.3 Å². The van der Waals surface area contributed by atoms with E-state index in [2.05, 4.69) is 27.1 Å². The molecule has 1 aliphatic heterocycles. The number of anilines is 1. The van der Waals surface area contributed by atoms with E-state index in [9.17, 15) is 0 Å². The largest absolute Gasteiger partial charge is 0.475 e. The zero-order chi connectivity index (χ0) is 14.4. The predicted octanol–water partition coefficient (Wildman–Crippen LogP) is 2.23. The monoisotopic (exact) mass is 278 g/mol. The summed E-state index contributed by atoms with van der Waals surface area (Å²) < 4.78 is 5.66. The summed E-state index contributed by atoms with van der Waals surface area (Å²) in [6.45, 7) is 9.27. The Kier molecular flexibility index (Phi) is 5.59. The van der Waals surface area contributed by atoms with Gasteiger partial charge in [-0.1, -0.05) is 6.92 Å². The Labute approximate surface area is 121 Å². The average Bonchev–Trinajstić information content (AvgIpc) is 2.91. The Bertz CT molecular complexity index is 405. The Morgan fingerprint density at radius 1 is 1.50 bits per heavy atom. The molecule has 1 saturated heterocycles. The van der Waals surface area contributed by atoms with Crippen molar-refractivity contribution >= 4 is 5.95 Å². The first-order valence-corrected chi connectivity index (χ1v) is 7.67. The molecule has 0 spiro atoms. The van der Waals surface area contributed by atoms with Crippen molar-refractivity contribution in [3.8, 4) is 5.88 Å². The molecule has 1 aromatic rings. The summed E-state index contributed by atoms with van der Waals surface area (Å²) in [5, 5.41) is 3.53. The first-order chi connectivity index (χ1) is 9.69. The molecule has 112 valence electrons. The molecule has 0 aliphatic carbocycles. The van der Waals surface area contributed by atoms with Gasteiger partial charge in [0.05, 0.1) is 6.10 Å². The topological polar surface area (TPSA) is 50.3 Å². The average molecular weight is 278 g/mol. The SMILES string of the molecule is CCCN(CC1CCCN1)c1nccc(OC(C)C)n1. The summed E-state index contributed by atoms with van der Waals surface area (Å²) >= 11 is 0. The lowest BCUT2D eigenvalue weighted by Gasteiger charge is -2.25.